The molecule has 1 aliphatic rings. The van der Waals surface area contributed by atoms with Gasteiger partial charge in [0.05, 0.1) is 11.0 Å². The molecule has 204 valence electrons. The number of rotatable bonds is 2. The van der Waals surface area contributed by atoms with Crippen molar-refractivity contribution in [3.63, 3.8) is 0 Å². The third kappa shape index (κ3) is 3.32. The van der Waals surface area contributed by atoms with Gasteiger partial charge in [0, 0.05) is 31.6 Å². The molecule has 0 bridgehead atoms. The van der Waals surface area contributed by atoms with Crippen LogP contribution >= 0.6 is 11.8 Å². The van der Waals surface area contributed by atoms with E-state index in [0.717, 1.165) is 0 Å². The van der Waals surface area contributed by atoms with Crippen LogP contribution in [0.4, 0.5) is 0 Å². The standard InChI is InChI=1S/C42H25NS/c1-3-10-31-26(8-1)18-23-36-41(31)42-32-11-4-2-9-27(32)19-24-37(42)43(36)29-20-16-28(17-21-29)30-22-25-39-40-34(30)13-7-14-35(40)33-12-5-6-15-38(33)44-39/h1-25H. The van der Waals surface area contributed by atoms with Crippen molar-refractivity contribution in [2.45, 2.75) is 9.79 Å². The molecule has 10 rings (SSSR count). The van der Waals surface area contributed by atoms with Gasteiger partial charge in [0.1, 0.15) is 0 Å². The zero-order chi connectivity index (χ0) is 28.8. The van der Waals surface area contributed by atoms with Crippen molar-refractivity contribution in [2.75, 3.05) is 0 Å². The maximum atomic E-state index is 2.44. The molecule has 1 aliphatic heterocycles. The van der Waals surface area contributed by atoms with E-state index in [0.29, 0.717) is 0 Å². The molecule has 0 saturated heterocycles. The third-order valence-electron chi connectivity index (χ3n) is 9.38. The number of benzene rings is 8. The molecular weight excluding hydrogens is 551 g/mol. The Morgan fingerprint density at radius 3 is 1.70 bits per heavy atom. The van der Waals surface area contributed by atoms with Gasteiger partial charge in [-0.15, -0.1) is 0 Å². The maximum Gasteiger partial charge on any atom is 0.0547 e. The fraction of sp³-hybridized carbons (Fsp3) is 0. The highest BCUT2D eigenvalue weighted by atomic mass is 32.2. The Morgan fingerprint density at radius 2 is 0.977 bits per heavy atom. The summed E-state index contributed by atoms with van der Waals surface area (Å²) in [7, 11) is 0. The van der Waals surface area contributed by atoms with Crippen LogP contribution in [0.15, 0.2) is 161 Å². The summed E-state index contributed by atoms with van der Waals surface area (Å²) in [6.07, 6.45) is 0. The van der Waals surface area contributed by atoms with E-state index in [-0.39, 0.29) is 0 Å². The van der Waals surface area contributed by atoms with Crippen LogP contribution < -0.4 is 0 Å². The van der Waals surface area contributed by atoms with E-state index >= 15 is 0 Å². The molecule has 44 heavy (non-hydrogen) atoms. The summed E-state index contributed by atoms with van der Waals surface area (Å²) in [6.45, 7) is 0. The lowest BCUT2D eigenvalue weighted by Gasteiger charge is -2.21. The molecule has 2 heteroatoms. The first kappa shape index (κ1) is 24.2. The monoisotopic (exact) mass is 575 g/mol. The molecule has 0 unspecified atom stereocenters. The molecule has 1 aromatic heterocycles. The number of hydrogen-bond donors (Lipinski definition) is 0. The molecule has 0 N–H and O–H groups in total. The lowest BCUT2D eigenvalue weighted by molar-refractivity contribution is 1.18. The summed E-state index contributed by atoms with van der Waals surface area (Å²) in [6, 6.07) is 55.9. The van der Waals surface area contributed by atoms with E-state index in [4.69, 9.17) is 0 Å². The first-order valence-corrected chi connectivity index (χ1v) is 15.9. The van der Waals surface area contributed by atoms with Gasteiger partial charge in [-0.3, -0.25) is 0 Å². The largest absolute Gasteiger partial charge is 0.309 e. The molecule has 0 aliphatic carbocycles. The lowest BCUT2D eigenvalue weighted by Crippen LogP contribution is -1.95. The highest BCUT2D eigenvalue weighted by Crippen LogP contribution is 2.49. The van der Waals surface area contributed by atoms with Crippen LogP contribution in [-0.2, 0) is 0 Å². The summed E-state index contributed by atoms with van der Waals surface area (Å²) in [4.78, 5) is 2.66. The Bertz CT molecular complexity index is 2530. The van der Waals surface area contributed by atoms with Crippen molar-refractivity contribution in [3.8, 4) is 27.9 Å². The average Bonchev–Trinajstić information content (AvgIpc) is 3.44. The van der Waals surface area contributed by atoms with E-state index in [9.17, 15) is 0 Å². The maximum absolute atomic E-state index is 2.44. The molecule has 0 amide bonds. The van der Waals surface area contributed by atoms with E-state index < -0.39 is 0 Å². The predicted octanol–water partition coefficient (Wildman–Crippen LogP) is 12.0. The van der Waals surface area contributed by atoms with Crippen molar-refractivity contribution >= 4 is 65.9 Å². The minimum atomic E-state index is 1.17. The van der Waals surface area contributed by atoms with Gasteiger partial charge in [0.2, 0.25) is 0 Å². The van der Waals surface area contributed by atoms with Crippen LogP contribution in [0.2, 0.25) is 0 Å². The number of hydrogen-bond acceptors (Lipinski definition) is 1. The average molecular weight is 576 g/mol. The van der Waals surface area contributed by atoms with Gasteiger partial charge >= 0.3 is 0 Å². The normalized spacial score (nSPS) is 12.5. The quantitative estimate of drug-likeness (QED) is 0.198. The van der Waals surface area contributed by atoms with Gasteiger partial charge in [0.15, 0.2) is 0 Å². The second-order valence-electron chi connectivity index (χ2n) is 11.7. The molecule has 1 nitrogen and oxygen atoms in total. The first-order valence-electron chi connectivity index (χ1n) is 15.1. The Labute approximate surface area is 259 Å². The fourth-order valence-corrected chi connectivity index (χ4v) is 8.58. The minimum Gasteiger partial charge on any atom is -0.309 e. The second kappa shape index (κ2) is 9.09. The minimum absolute atomic E-state index is 1.17. The van der Waals surface area contributed by atoms with Crippen LogP contribution in [0, 0.1) is 0 Å². The number of nitrogens with zero attached hydrogens (tertiary/aromatic N) is 1. The van der Waals surface area contributed by atoms with Gasteiger partial charge in [-0.2, -0.15) is 0 Å². The number of fused-ring (bicyclic) bond motifs is 9. The van der Waals surface area contributed by atoms with Crippen LogP contribution in [-0.4, -0.2) is 4.57 Å². The summed E-state index contributed by atoms with van der Waals surface area (Å²) < 4.78 is 2.44. The lowest BCUT2D eigenvalue weighted by atomic mass is 9.92. The van der Waals surface area contributed by atoms with E-state index in [1.54, 1.807) is 0 Å². The highest BCUT2D eigenvalue weighted by Gasteiger charge is 2.21. The van der Waals surface area contributed by atoms with Gasteiger partial charge in [-0.25, -0.2) is 0 Å². The topological polar surface area (TPSA) is 4.93 Å². The molecule has 0 fully saturated rings. The molecule has 0 radical (unpaired) electrons. The van der Waals surface area contributed by atoms with Crippen molar-refractivity contribution in [1.29, 1.82) is 0 Å². The van der Waals surface area contributed by atoms with Crippen molar-refractivity contribution in [3.05, 3.63) is 152 Å². The van der Waals surface area contributed by atoms with E-state index in [2.05, 4.69) is 156 Å². The van der Waals surface area contributed by atoms with Gasteiger partial charge in [0.25, 0.3) is 0 Å². The molecule has 0 spiro atoms. The van der Waals surface area contributed by atoms with Gasteiger partial charge in [-0.1, -0.05) is 127 Å². The molecule has 0 saturated carbocycles. The number of aromatic nitrogens is 1. The Balaban J connectivity index is 1.19. The first-order chi connectivity index (χ1) is 21.8. The molecule has 0 atom stereocenters. The Kier molecular flexibility index (Phi) is 5.00. The summed E-state index contributed by atoms with van der Waals surface area (Å²) in [5, 5.41) is 10.4. The third-order valence-corrected chi connectivity index (χ3v) is 10.5. The van der Waals surface area contributed by atoms with Crippen molar-refractivity contribution in [1.82, 2.24) is 4.57 Å². The van der Waals surface area contributed by atoms with Crippen molar-refractivity contribution in [2.24, 2.45) is 0 Å². The predicted molar refractivity (Wildman–Crippen MR) is 188 cm³/mol. The van der Waals surface area contributed by atoms with E-state index in [1.165, 1.54) is 91.9 Å². The Morgan fingerprint density at radius 1 is 0.364 bits per heavy atom. The van der Waals surface area contributed by atoms with E-state index in [1.807, 2.05) is 11.8 Å². The highest BCUT2D eigenvalue weighted by molar-refractivity contribution is 7.99. The molecule has 9 aromatic rings. The SMILES string of the molecule is c1ccc2c(c1)Sc1ccc(-c3ccc(-n4c5ccc6ccccc6c5c5c6ccccc6ccc54)cc3)c3cccc-2c13. The van der Waals surface area contributed by atoms with Crippen LogP contribution in [0.3, 0.4) is 0 Å². The summed E-state index contributed by atoms with van der Waals surface area (Å²) in [5.41, 5.74) is 8.81. The van der Waals surface area contributed by atoms with Crippen LogP contribution in [0.1, 0.15) is 0 Å². The summed E-state index contributed by atoms with van der Waals surface area (Å²) in [5.74, 6) is 0. The molecular formula is C42H25NS. The zero-order valence-electron chi connectivity index (χ0n) is 23.8. The fourth-order valence-electron chi connectivity index (χ4n) is 7.45. The van der Waals surface area contributed by atoms with Gasteiger partial charge < -0.3 is 4.57 Å². The van der Waals surface area contributed by atoms with Crippen LogP contribution in [0.25, 0.3) is 82.1 Å². The second-order valence-corrected chi connectivity index (χ2v) is 12.8. The smallest absolute Gasteiger partial charge is 0.0547 e. The van der Waals surface area contributed by atoms with Crippen molar-refractivity contribution < 1.29 is 0 Å². The zero-order valence-corrected chi connectivity index (χ0v) is 24.6. The molecule has 8 aromatic carbocycles. The Hall–Kier alpha value is -5.31. The van der Waals surface area contributed by atoms with Crippen LogP contribution in [0.5, 0.6) is 0 Å². The molecule has 2 heterocycles. The summed E-state index contributed by atoms with van der Waals surface area (Å²) >= 11 is 1.88. The van der Waals surface area contributed by atoms with Gasteiger partial charge in [-0.05, 0) is 85.6 Å².